The average molecular weight is 225 g/mol. The molecule has 86 valence electrons. The number of aromatic amines is 1. The molecule has 0 saturated heterocycles. The van der Waals surface area contributed by atoms with Gasteiger partial charge >= 0.3 is 0 Å². The van der Waals surface area contributed by atoms with Crippen molar-refractivity contribution in [1.82, 2.24) is 10.2 Å². The first-order chi connectivity index (χ1) is 8.31. The zero-order chi connectivity index (χ0) is 12.1. The second-order valence-electron chi connectivity index (χ2n) is 3.71. The summed E-state index contributed by atoms with van der Waals surface area (Å²) >= 11 is 0. The van der Waals surface area contributed by atoms with Gasteiger partial charge in [-0.1, -0.05) is 36.9 Å². The molecule has 3 nitrogen and oxygen atoms in total. The molecule has 0 bridgehead atoms. The van der Waals surface area contributed by atoms with Gasteiger partial charge in [0.15, 0.2) is 5.82 Å². The zero-order valence-corrected chi connectivity index (χ0v) is 9.77. The molecule has 0 spiro atoms. The number of benzene rings is 1. The predicted octanol–water partition coefficient (Wildman–Crippen LogP) is 3.62. The summed E-state index contributed by atoms with van der Waals surface area (Å²) in [6.45, 7) is 5.62. The van der Waals surface area contributed by atoms with Gasteiger partial charge in [-0.25, -0.2) is 0 Å². The van der Waals surface area contributed by atoms with Crippen LogP contribution >= 0.6 is 0 Å². The number of H-pyrrole nitrogens is 1. The Bertz CT molecular complexity index is 576. The van der Waals surface area contributed by atoms with Crippen LogP contribution in [0.15, 0.2) is 60.8 Å². The summed E-state index contributed by atoms with van der Waals surface area (Å²) in [5.74, 6) is 0.848. The molecule has 0 aliphatic carbocycles. The van der Waals surface area contributed by atoms with Crippen LogP contribution in [-0.4, -0.2) is 10.2 Å². The number of fused-ring (bicyclic) bond motifs is 1. The summed E-state index contributed by atoms with van der Waals surface area (Å²) in [6, 6.07) is 8.03. The normalized spacial score (nSPS) is 12.2. The predicted molar refractivity (Wildman–Crippen MR) is 72.8 cm³/mol. The molecule has 1 heterocycles. The van der Waals surface area contributed by atoms with Crippen LogP contribution in [0.5, 0.6) is 0 Å². The third-order valence-electron chi connectivity index (χ3n) is 2.38. The van der Waals surface area contributed by atoms with Gasteiger partial charge in [0, 0.05) is 11.1 Å². The van der Waals surface area contributed by atoms with E-state index < -0.39 is 0 Å². The van der Waals surface area contributed by atoms with E-state index in [0.717, 1.165) is 22.4 Å². The largest absolute Gasteiger partial charge is 0.342 e. The van der Waals surface area contributed by atoms with Gasteiger partial charge in [-0.15, -0.1) is 0 Å². The van der Waals surface area contributed by atoms with Crippen molar-refractivity contribution in [2.24, 2.45) is 0 Å². The number of hydrogen-bond donors (Lipinski definition) is 2. The van der Waals surface area contributed by atoms with Crippen molar-refractivity contribution >= 4 is 16.7 Å². The Morgan fingerprint density at radius 3 is 3.00 bits per heavy atom. The molecule has 0 radical (unpaired) electrons. The van der Waals surface area contributed by atoms with Crippen LogP contribution in [0, 0.1) is 0 Å². The topological polar surface area (TPSA) is 40.7 Å². The van der Waals surface area contributed by atoms with Crippen LogP contribution in [0.4, 0.5) is 5.82 Å². The van der Waals surface area contributed by atoms with Gasteiger partial charge in [-0.2, -0.15) is 5.10 Å². The molecule has 0 aliphatic rings. The van der Waals surface area contributed by atoms with E-state index in [1.54, 1.807) is 6.08 Å². The van der Waals surface area contributed by atoms with Gasteiger partial charge in [0.2, 0.25) is 0 Å². The minimum absolute atomic E-state index is 0.848. The molecule has 0 atom stereocenters. The molecule has 2 rings (SSSR count). The van der Waals surface area contributed by atoms with Crippen molar-refractivity contribution in [1.29, 1.82) is 0 Å². The van der Waals surface area contributed by atoms with Crippen molar-refractivity contribution in [3.63, 3.8) is 0 Å². The van der Waals surface area contributed by atoms with Crippen molar-refractivity contribution in [2.75, 3.05) is 5.32 Å². The van der Waals surface area contributed by atoms with E-state index in [9.17, 15) is 0 Å². The fourth-order valence-corrected chi connectivity index (χ4v) is 1.57. The quantitative estimate of drug-likeness (QED) is 0.780. The fourth-order valence-electron chi connectivity index (χ4n) is 1.57. The van der Waals surface area contributed by atoms with Crippen molar-refractivity contribution < 1.29 is 0 Å². The number of rotatable bonds is 4. The van der Waals surface area contributed by atoms with E-state index in [0.29, 0.717) is 0 Å². The Labute approximate surface area is 101 Å². The molecule has 0 fully saturated rings. The third-order valence-corrected chi connectivity index (χ3v) is 2.38. The lowest BCUT2D eigenvalue weighted by Gasteiger charge is -2.01. The Kier molecular flexibility index (Phi) is 3.40. The van der Waals surface area contributed by atoms with E-state index >= 15 is 0 Å². The number of anilines is 1. The van der Waals surface area contributed by atoms with Crippen molar-refractivity contribution in [3.8, 4) is 0 Å². The highest BCUT2D eigenvalue weighted by Crippen LogP contribution is 2.20. The molecule has 0 amide bonds. The van der Waals surface area contributed by atoms with Crippen molar-refractivity contribution in [2.45, 2.75) is 6.92 Å². The first-order valence-electron chi connectivity index (χ1n) is 5.47. The second kappa shape index (κ2) is 5.16. The monoisotopic (exact) mass is 225 g/mol. The Morgan fingerprint density at radius 1 is 1.35 bits per heavy atom. The van der Waals surface area contributed by atoms with Crippen LogP contribution in [0.25, 0.3) is 10.9 Å². The lowest BCUT2D eigenvalue weighted by molar-refractivity contribution is 1.11. The molecule has 1 aromatic heterocycles. The first kappa shape index (κ1) is 11.2. The molecule has 0 unspecified atom stereocenters. The number of allylic oxidation sites excluding steroid dienone is 5. The molecule has 1 aromatic carbocycles. The third kappa shape index (κ3) is 2.64. The van der Waals surface area contributed by atoms with Crippen molar-refractivity contribution in [3.05, 3.63) is 60.8 Å². The summed E-state index contributed by atoms with van der Waals surface area (Å²) in [4.78, 5) is 0. The lowest BCUT2D eigenvalue weighted by atomic mass is 10.2. The van der Waals surface area contributed by atoms with Crippen LogP contribution in [0.1, 0.15) is 6.92 Å². The zero-order valence-electron chi connectivity index (χ0n) is 9.77. The maximum Gasteiger partial charge on any atom is 0.159 e. The molecule has 2 aromatic rings. The van der Waals surface area contributed by atoms with E-state index in [1.807, 2.05) is 49.4 Å². The minimum Gasteiger partial charge on any atom is -0.342 e. The molecule has 17 heavy (non-hydrogen) atoms. The van der Waals surface area contributed by atoms with Gasteiger partial charge in [0.1, 0.15) is 0 Å². The Balaban J connectivity index is 2.21. The highest BCUT2D eigenvalue weighted by molar-refractivity contribution is 5.90. The molecular weight excluding hydrogens is 210 g/mol. The minimum atomic E-state index is 0.848. The molecule has 0 saturated carbocycles. The Morgan fingerprint density at radius 2 is 2.18 bits per heavy atom. The number of aromatic nitrogens is 2. The van der Waals surface area contributed by atoms with E-state index in [4.69, 9.17) is 0 Å². The average Bonchev–Trinajstić information content (AvgIpc) is 2.73. The van der Waals surface area contributed by atoms with Crippen LogP contribution in [0.3, 0.4) is 0 Å². The summed E-state index contributed by atoms with van der Waals surface area (Å²) in [6.07, 6.45) is 7.54. The van der Waals surface area contributed by atoms with Gasteiger partial charge in [-0.05, 0) is 25.1 Å². The molecule has 3 heteroatoms. The first-order valence-corrected chi connectivity index (χ1v) is 5.47. The molecule has 2 N–H and O–H groups in total. The maximum absolute atomic E-state index is 4.24. The lowest BCUT2D eigenvalue weighted by Crippen LogP contribution is -1.95. The van der Waals surface area contributed by atoms with Crippen LogP contribution in [-0.2, 0) is 0 Å². The van der Waals surface area contributed by atoms with E-state index in [-0.39, 0.29) is 0 Å². The second-order valence-corrected chi connectivity index (χ2v) is 3.71. The summed E-state index contributed by atoms with van der Waals surface area (Å²) in [5.41, 5.74) is 2.06. The number of hydrogen-bond acceptors (Lipinski definition) is 2. The van der Waals surface area contributed by atoms with Crippen LogP contribution < -0.4 is 5.32 Å². The highest BCUT2D eigenvalue weighted by atomic mass is 15.2. The standard InChI is InChI=1S/C14H15N3/c1-3-4-5-8-11(2)15-14-12-9-6-7-10-13(12)16-17-14/h3-10H,1H2,2H3,(H2,15,16,17)/b5-4-,11-8+. The summed E-state index contributed by atoms with van der Waals surface area (Å²) in [5, 5.41) is 11.6. The number of para-hydroxylation sites is 1. The van der Waals surface area contributed by atoms with Crippen LogP contribution in [0.2, 0.25) is 0 Å². The number of nitrogens with one attached hydrogen (secondary N) is 2. The summed E-state index contributed by atoms with van der Waals surface area (Å²) < 4.78 is 0. The Hall–Kier alpha value is -2.29. The van der Waals surface area contributed by atoms with E-state index in [2.05, 4.69) is 22.1 Å². The highest BCUT2D eigenvalue weighted by Gasteiger charge is 2.03. The van der Waals surface area contributed by atoms with E-state index in [1.165, 1.54) is 0 Å². The smallest absolute Gasteiger partial charge is 0.159 e. The van der Waals surface area contributed by atoms with Gasteiger partial charge in [0.05, 0.1) is 5.52 Å². The maximum atomic E-state index is 4.24. The molecule has 0 aliphatic heterocycles. The fraction of sp³-hybridized carbons (Fsp3) is 0.0714. The summed E-state index contributed by atoms with van der Waals surface area (Å²) in [7, 11) is 0. The SMILES string of the molecule is C=C/C=C\C=C(/C)Nc1n[nH]c2ccccc12. The van der Waals surface area contributed by atoms with Gasteiger partial charge in [-0.3, -0.25) is 5.10 Å². The molecular formula is C14H15N3. The van der Waals surface area contributed by atoms with Gasteiger partial charge in [0.25, 0.3) is 0 Å². The number of nitrogens with zero attached hydrogens (tertiary/aromatic N) is 1. The van der Waals surface area contributed by atoms with Gasteiger partial charge < -0.3 is 5.32 Å².